The number of carbonyl (C=O) groups excluding carboxylic acids is 1. The van der Waals surface area contributed by atoms with Crippen LogP contribution < -0.4 is 0 Å². The van der Waals surface area contributed by atoms with Crippen LogP contribution in [0.2, 0.25) is 0 Å². The van der Waals surface area contributed by atoms with Crippen molar-refractivity contribution >= 4 is 26.5 Å². The Labute approximate surface area is 133 Å². The Morgan fingerprint density at radius 2 is 1.73 bits per heavy atom. The van der Waals surface area contributed by atoms with Crippen molar-refractivity contribution in [1.82, 2.24) is 0 Å². The fraction of sp³-hybridized carbons (Fsp3) is 0.211. The lowest BCUT2D eigenvalue weighted by molar-refractivity contribution is 0.00697. The molecular formula is C19H19O2S+. The zero-order valence-corrected chi connectivity index (χ0v) is 13.8. The smallest absolute Gasteiger partial charge is 0.338 e. The molecule has 1 aromatic heterocycles. The summed E-state index contributed by atoms with van der Waals surface area (Å²) in [6, 6.07) is 18.4. The fourth-order valence-corrected chi connectivity index (χ4v) is 4.22. The van der Waals surface area contributed by atoms with E-state index in [-0.39, 0.29) is 16.4 Å². The summed E-state index contributed by atoms with van der Waals surface area (Å²) in [5, 5.41) is 3.31. The van der Waals surface area contributed by atoms with Gasteiger partial charge >= 0.3 is 5.97 Å². The van der Waals surface area contributed by atoms with Gasteiger partial charge in [-0.2, -0.15) is 0 Å². The first-order chi connectivity index (χ1) is 10.4. The van der Waals surface area contributed by atoms with E-state index in [9.17, 15) is 4.79 Å². The van der Waals surface area contributed by atoms with E-state index in [1.807, 2.05) is 45.0 Å². The maximum absolute atomic E-state index is 12.2. The first-order valence-electron chi connectivity index (χ1n) is 7.28. The minimum atomic E-state index is -0.472. The molecule has 0 aliphatic heterocycles. The zero-order chi connectivity index (χ0) is 15.7. The second-order valence-electron chi connectivity index (χ2n) is 6.21. The summed E-state index contributed by atoms with van der Waals surface area (Å²) in [6.45, 7) is 5.64. The van der Waals surface area contributed by atoms with Gasteiger partial charge in [0.15, 0.2) is 9.60 Å². The second-order valence-corrected chi connectivity index (χ2v) is 8.07. The lowest BCUT2D eigenvalue weighted by atomic mass is 10.1. The maximum atomic E-state index is 12.2. The van der Waals surface area contributed by atoms with Crippen LogP contribution in [-0.2, 0) is 4.74 Å². The Bertz CT molecular complexity index is 810. The van der Waals surface area contributed by atoms with Crippen LogP contribution in [0.25, 0.3) is 15.0 Å². The van der Waals surface area contributed by atoms with Crippen LogP contribution >= 0.6 is 10.5 Å². The van der Waals surface area contributed by atoms with E-state index in [2.05, 4.69) is 35.7 Å². The predicted molar refractivity (Wildman–Crippen MR) is 92.9 cm³/mol. The summed E-state index contributed by atoms with van der Waals surface area (Å²) in [4.78, 5) is 13.5. The van der Waals surface area contributed by atoms with Gasteiger partial charge in [0.25, 0.3) is 0 Å². The molecule has 0 bridgehead atoms. The van der Waals surface area contributed by atoms with Crippen LogP contribution in [-0.4, -0.2) is 11.6 Å². The van der Waals surface area contributed by atoms with Crippen LogP contribution in [0.1, 0.15) is 31.1 Å². The minimum Gasteiger partial charge on any atom is -0.456 e. The van der Waals surface area contributed by atoms with Crippen LogP contribution in [0, 0.1) is 0 Å². The van der Waals surface area contributed by atoms with E-state index in [4.69, 9.17) is 4.74 Å². The highest BCUT2D eigenvalue weighted by molar-refractivity contribution is 7.43. The van der Waals surface area contributed by atoms with Gasteiger partial charge < -0.3 is 4.74 Å². The van der Waals surface area contributed by atoms with Crippen molar-refractivity contribution in [1.29, 1.82) is 0 Å². The van der Waals surface area contributed by atoms with Gasteiger partial charge in [0.2, 0.25) is 0 Å². The van der Waals surface area contributed by atoms with Crippen molar-refractivity contribution in [2.45, 2.75) is 26.4 Å². The topological polar surface area (TPSA) is 26.3 Å². The van der Waals surface area contributed by atoms with Crippen molar-refractivity contribution in [3.05, 3.63) is 65.5 Å². The normalized spacial score (nSPS) is 12.4. The molecule has 0 fully saturated rings. The molecule has 3 rings (SSSR count). The van der Waals surface area contributed by atoms with E-state index < -0.39 is 5.60 Å². The number of fused-ring (bicyclic) bond motifs is 1. The Balaban J connectivity index is 1.98. The van der Waals surface area contributed by atoms with Gasteiger partial charge in [-0.05, 0) is 51.1 Å². The number of rotatable bonds is 2. The fourth-order valence-electron chi connectivity index (χ4n) is 2.33. The molecule has 22 heavy (non-hydrogen) atoms. The number of ether oxygens (including phenoxy) is 1. The number of carbonyl (C=O) groups is 1. The highest BCUT2D eigenvalue weighted by Gasteiger charge is 2.20. The van der Waals surface area contributed by atoms with Crippen LogP contribution in [0.15, 0.2) is 60.0 Å². The molecule has 0 spiro atoms. The van der Waals surface area contributed by atoms with Gasteiger partial charge in [0.05, 0.1) is 5.56 Å². The molecule has 112 valence electrons. The van der Waals surface area contributed by atoms with E-state index in [1.54, 1.807) is 0 Å². The molecule has 3 heteroatoms. The van der Waals surface area contributed by atoms with Gasteiger partial charge in [-0.3, -0.25) is 0 Å². The number of thiophene rings is 1. The molecule has 0 radical (unpaired) electrons. The van der Waals surface area contributed by atoms with E-state index >= 15 is 0 Å². The molecule has 0 N–H and O–H groups in total. The number of esters is 1. The molecule has 0 saturated carbocycles. The lowest BCUT2D eigenvalue weighted by Crippen LogP contribution is -2.23. The Morgan fingerprint density at radius 3 is 2.41 bits per heavy atom. The van der Waals surface area contributed by atoms with Gasteiger partial charge in [-0.15, -0.1) is 0 Å². The number of hydrogen-bond donors (Lipinski definition) is 0. The zero-order valence-electron chi connectivity index (χ0n) is 13.0. The molecule has 0 amide bonds. The van der Waals surface area contributed by atoms with E-state index in [1.165, 1.54) is 9.60 Å². The standard InChI is InChI=1S/C19H19O2S/c1-19(2,3)21-18(20)15-9-10-17-14(13-15)11-12-22(17)16-7-5-4-6-8-16/h4-13H,1-3H3/q+1. The molecule has 2 aromatic carbocycles. The van der Waals surface area contributed by atoms with Crippen molar-refractivity contribution < 1.29 is 9.53 Å². The monoisotopic (exact) mass is 311 g/mol. The molecule has 0 aliphatic rings. The molecule has 0 aliphatic carbocycles. The SMILES string of the molecule is CC(C)(C)OC(=O)c1ccc2c(cc[s+]2-c2ccccc2)c1. The number of benzene rings is 2. The Hall–Kier alpha value is -2.13. The van der Waals surface area contributed by atoms with Gasteiger partial charge in [0, 0.05) is 21.9 Å². The average Bonchev–Trinajstić information content (AvgIpc) is 2.89. The number of hydrogen-bond acceptors (Lipinski definition) is 2. The van der Waals surface area contributed by atoms with Gasteiger partial charge in [-0.1, -0.05) is 18.2 Å². The second kappa shape index (κ2) is 5.58. The molecule has 1 atom stereocenters. The van der Waals surface area contributed by atoms with Crippen LogP contribution in [0.5, 0.6) is 0 Å². The molecule has 1 unspecified atom stereocenters. The minimum absolute atomic E-state index is 0.0388. The Kier molecular flexibility index (Phi) is 3.75. The lowest BCUT2D eigenvalue weighted by Gasteiger charge is -2.19. The largest absolute Gasteiger partial charge is 0.456 e. The quantitative estimate of drug-likeness (QED) is 0.459. The van der Waals surface area contributed by atoms with Crippen molar-refractivity contribution in [3.63, 3.8) is 0 Å². The van der Waals surface area contributed by atoms with E-state index in [0.29, 0.717) is 5.56 Å². The predicted octanol–water partition coefficient (Wildman–Crippen LogP) is 5.53. The molecule has 3 aromatic rings. The summed E-state index contributed by atoms with van der Waals surface area (Å²) >= 11 is 0. The summed E-state index contributed by atoms with van der Waals surface area (Å²) in [6.07, 6.45) is 0. The molecule has 2 nitrogen and oxygen atoms in total. The van der Waals surface area contributed by atoms with Crippen molar-refractivity contribution in [3.8, 4) is 4.90 Å². The first-order valence-corrected chi connectivity index (χ1v) is 8.56. The highest BCUT2D eigenvalue weighted by atomic mass is 32.2. The summed E-state index contributed by atoms with van der Waals surface area (Å²) in [7, 11) is -0.0388. The van der Waals surface area contributed by atoms with Gasteiger partial charge in [-0.25, -0.2) is 4.79 Å². The van der Waals surface area contributed by atoms with Gasteiger partial charge in [0.1, 0.15) is 11.0 Å². The highest BCUT2D eigenvalue weighted by Crippen LogP contribution is 2.39. The van der Waals surface area contributed by atoms with Crippen LogP contribution in [0.3, 0.4) is 0 Å². The average molecular weight is 311 g/mol. The van der Waals surface area contributed by atoms with Crippen LogP contribution in [0.4, 0.5) is 0 Å². The third kappa shape index (κ3) is 3.04. The Morgan fingerprint density at radius 1 is 1.00 bits per heavy atom. The molecule has 0 saturated heterocycles. The first kappa shape index (κ1) is 14.8. The summed E-state index contributed by atoms with van der Waals surface area (Å²) < 4.78 is 6.70. The maximum Gasteiger partial charge on any atom is 0.338 e. The molecule has 1 heterocycles. The van der Waals surface area contributed by atoms with Crippen molar-refractivity contribution in [2.24, 2.45) is 0 Å². The van der Waals surface area contributed by atoms with Crippen molar-refractivity contribution in [2.75, 3.05) is 0 Å². The molecular weight excluding hydrogens is 292 g/mol. The third-order valence-corrected chi connectivity index (χ3v) is 5.30. The summed E-state index contributed by atoms with van der Waals surface area (Å²) in [5.41, 5.74) is 0.136. The third-order valence-electron chi connectivity index (χ3n) is 3.26. The summed E-state index contributed by atoms with van der Waals surface area (Å²) in [5.74, 6) is -0.268. The van der Waals surface area contributed by atoms with E-state index in [0.717, 1.165) is 5.39 Å².